The third-order valence-electron chi connectivity index (χ3n) is 2.17. The second-order valence-electron chi connectivity index (χ2n) is 3.12. The Balaban J connectivity index is 2.89. The molecule has 0 aliphatic rings. The Hall–Kier alpha value is -1.99. The summed E-state index contributed by atoms with van der Waals surface area (Å²) in [7, 11) is 0. The van der Waals surface area contributed by atoms with E-state index in [-0.39, 0.29) is 17.7 Å². The number of halogens is 2. The van der Waals surface area contributed by atoms with E-state index in [9.17, 15) is 18.4 Å². The molecule has 0 bridgehead atoms. The van der Waals surface area contributed by atoms with Crippen LogP contribution in [0.3, 0.4) is 0 Å². The van der Waals surface area contributed by atoms with Crippen molar-refractivity contribution in [2.24, 2.45) is 0 Å². The first-order valence-electron chi connectivity index (χ1n) is 4.55. The molecule has 16 heavy (non-hydrogen) atoms. The fourth-order valence-corrected chi connectivity index (χ4v) is 1.46. The van der Waals surface area contributed by atoms with Gasteiger partial charge in [0.2, 0.25) is 0 Å². The van der Waals surface area contributed by atoms with Crippen molar-refractivity contribution in [3.8, 4) is 0 Å². The SMILES string of the molecule is CCn1c(=O)[nH]c(=O)c2[nH]c(C(F)F)nc21. The van der Waals surface area contributed by atoms with Crippen LogP contribution in [0, 0.1) is 0 Å². The summed E-state index contributed by atoms with van der Waals surface area (Å²) in [4.78, 5) is 30.4. The maximum absolute atomic E-state index is 12.4. The molecular formula is C8H8F2N4O2. The number of nitrogens with one attached hydrogen (secondary N) is 2. The quantitative estimate of drug-likeness (QED) is 0.781. The first-order chi connectivity index (χ1) is 7.54. The van der Waals surface area contributed by atoms with Crippen LogP contribution in [0.2, 0.25) is 0 Å². The molecule has 0 aliphatic heterocycles. The Morgan fingerprint density at radius 3 is 2.62 bits per heavy atom. The largest absolute Gasteiger partial charge is 0.331 e. The van der Waals surface area contributed by atoms with Gasteiger partial charge in [0.15, 0.2) is 11.5 Å². The van der Waals surface area contributed by atoms with Gasteiger partial charge in [0.25, 0.3) is 12.0 Å². The number of aryl methyl sites for hydroxylation is 1. The lowest BCUT2D eigenvalue weighted by Gasteiger charge is -1.99. The van der Waals surface area contributed by atoms with E-state index in [0.717, 1.165) is 4.57 Å². The van der Waals surface area contributed by atoms with Gasteiger partial charge < -0.3 is 4.98 Å². The van der Waals surface area contributed by atoms with Gasteiger partial charge in [-0.1, -0.05) is 0 Å². The van der Waals surface area contributed by atoms with Crippen LogP contribution in [-0.2, 0) is 6.54 Å². The van der Waals surface area contributed by atoms with Crippen LogP contribution in [0.15, 0.2) is 9.59 Å². The van der Waals surface area contributed by atoms with Crippen LogP contribution < -0.4 is 11.2 Å². The van der Waals surface area contributed by atoms with Gasteiger partial charge in [0, 0.05) is 6.54 Å². The summed E-state index contributed by atoms with van der Waals surface area (Å²) < 4.78 is 25.9. The zero-order valence-electron chi connectivity index (χ0n) is 8.25. The summed E-state index contributed by atoms with van der Waals surface area (Å²) in [5.74, 6) is -0.617. The number of rotatable bonds is 2. The van der Waals surface area contributed by atoms with Crippen molar-refractivity contribution in [2.45, 2.75) is 19.9 Å². The van der Waals surface area contributed by atoms with E-state index in [0.29, 0.717) is 0 Å². The molecule has 0 aliphatic carbocycles. The average molecular weight is 230 g/mol. The minimum atomic E-state index is -2.81. The van der Waals surface area contributed by atoms with Crippen LogP contribution in [0.25, 0.3) is 11.2 Å². The summed E-state index contributed by atoms with van der Waals surface area (Å²) in [5.41, 5.74) is -1.57. The second-order valence-corrected chi connectivity index (χ2v) is 3.12. The highest BCUT2D eigenvalue weighted by molar-refractivity contribution is 5.69. The van der Waals surface area contributed by atoms with Crippen LogP contribution in [0.4, 0.5) is 8.78 Å². The van der Waals surface area contributed by atoms with Crippen molar-refractivity contribution in [3.63, 3.8) is 0 Å². The van der Waals surface area contributed by atoms with Crippen LogP contribution in [0.1, 0.15) is 19.2 Å². The Bertz CT molecular complexity index is 640. The Kier molecular flexibility index (Phi) is 2.33. The maximum Gasteiger partial charge on any atom is 0.330 e. The predicted molar refractivity (Wildman–Crippen MR) is 51.6 cm³/mol. The maximum atomic E-state index is 12.4. The molecule has 0 unspecified atom stereocenters. The Morgan fingerprint density at radius 1 is 1.38 bits per heavy atom. The molecule has 2 rings (SSSR count). The van der Waals surface area contributed by atoms with Crippen molar-refractivity contribution < 1.29 is 8.78 Å². The third kappa shape index (κ3) is 1.42. The average Bonchev–Trinajstić information content (AvgIpc) is 2.63. The first-order valence-corrected chi connectivity index (χ1v) is 4.55. The van der Waals surface area contributed by atoms with E-state index in [1.165, 1.54) is 0 Å². The number of hydrogen-bond donors (Lipinski definition) is 2. The van der Waals surface area contributed by atoms with E-state index < -0.39 is 23.5 Å². The van der Waals surface area contributed by atoms with Gasteiger partial charge in [-0.05, 0) is 6.92 Å². The Morgan fingerprint density at radius 2 is 2.06 bits per heavy atom. The Labute approximate surface area is 86.9 Å². The molecule has 2 aromatic heterocycles. The van der Waals surface area contributed by atoms with Gasteiger partial charge in [-0.3, -0.25) is 14.3 Å². The fourth-order valence-electron chi connectivity index (χ4n) is 1.46. The molecule has 0 amide bonds. The van der Waals surface area contributed by atoms with Crippen LogP contribution in [0.5, 0.6) is 0 Å². The highest BCUT2D eigenvalue weighted by Crippen LogP contribution is 2.16. The number of fused-ring (bicyclic) bond motifs is 1. The highest BCUT2D eigenvalue weighted by atomic mass is 19.3. The number of hydrogen-bond acceptors (Lipinski definition) is 3. The van der Waals surface area contributed by atoms with Gasteiger partial charge in [-0.2, -0.15) is 0 Å². The molecule has 0 saturated carbocycles. The molecule has 8 heteroatoms. The zero-order valence-corrected chi connectivity index (χ0v) is 8.25. The van der Waals surface area contributed by atoms with Crippen molar-refractivity contribution in [1.29, 1.82) is 0 Å². The molecule has 2 heterocycles. The molecule has 6 nitrogen and oxygen atoms in total. The topological polar surface area (TPSA) is 83.5 Å². The molecule has 0 atom stereocenters. The molecule has 0 aromatic carbocycles. The number of aromatic amines is 2. The molecule has 0 fully saturated rings. The smallest absolute Gasteiger partial charge is 0.330 e. The number of H-pyrrole nitrogens is 2. The second kappa shape index (κ2) is 3.54. The highest BCUT2D eigenvalue weighted by Gasteiger charge is 2.17. The molecule has 0 spiro atoms. The van der Waals surface area contributed by atoms with Crippen LogP contribution in [-0.4, -0.2) is 19.5 Å². The molecule has 2 N–H and O–H groups in total. The number of nitrogens with zero attached hydrogens (tertiary/aromatic N) is 2. The van der Waals surface area contributed by atoms with Crippen molar-refractivity contribution >= 4 is 11.2 Å². The lowest BCUT2D eigenvalue weighted by atomic mass is 10.5. The fraction of sp³-hybridized carbons (Fsp3) is 0.375. The van der Waals surface area contributed by atoms with Gasteiger partial charge in [-0.15, -0.1) is 0 Å². The molecule has 86 valence electrons. The lowest BCUT2D eigenvalue weighted by molar-refractivity contribution is 0.142. The summed E-state index contributed by atoms with van der Waals surface area (Å²) in [6.45, 7) is 1.88. The summed E-state index contributed by atoms with van der Waals surface area (Å²) in [5, 5.41) is 0. The lowest BCUT2D eigenvalue weighted by Crippen LogP contribution is -2.29. The van der Waals surface area contributed by atoms with Gasteiger partial charge in [-0.25, -0.2) is 18.6 Å². The van der Waals surface area contributed by atoms with E-state index in [4.69, 9.17) is 0 Å². The van der Waals surface area contributed by atoms with Crippen molar-refractivity contribution in [3.05, 3.63) is 26.7 Å². The summed E-state index contributed by atoms with van der Waals surface area (Å²) in [6.07, 6.45) is -2.81. The number of alkyl halides is 2. The van der Waals surface area contributed by atoms with Gasteiger partial charge in [0.05, 0.1) is 0 Å². The van der Waals surface area contributed by atoms with E-state index >= 15 is 0 Å². The van der Waals surface area contributed by atoms with Gasteiger partial charge in [0.1, 0.15) is 5.52 Å². The minimum absolute atomic E-state index is 0.0495. The monoisotopic (exact) mass is 230 g/mol. The summed E-state index contributed by atoms with van der Waals surface area (Å²) in [6, 6.07) is 0. The zero-order chi connectivity index (χ0) is 11.9. The standard InChI is InChI=1S/C8H8F2N4O2/c1-2-14-6-3(7(15)13-8(14)16)11-5(12-6)4(9)10/h4H,2H2,1H3,(H,11,12)(H,13,15,16). The van der Waals surface area contributed by atoms with Gasteiger partial charge >= 0.3 is 5.69 Å². The van der Waals surface area contributed by atoms with E-state index in [1.54, 1.807) is 6.92 Å². The number of aromatic nitrogens is 4. The van der Waals surface area contributed by atoms with E-state index in [1.807, 2.05) is 4.98 Å². The van der Waals surface area contributed by atoms with Crippen molar-refractivity contribution in [1.82, 2.24) is 19.5 Å². The summed E-state index contributed by atoms with van der Waals surface area (Å²) >= 11 is 0. The van der Waals surface area contributed by atoms with Crippen molar-refractivity contribution in [2.75, 3.05) is 0 Å². The normalized spacial score (nSPS) is 11.5. The molecule has 0 radical (unpaired) electrons. The molecular weight excluding hydrogens is 222 g/mol. The van der Waals surface area contributed by atoms with Crippen LogP contribution >= 0.6 is 0 Å². The first kappa shape index (κ1) is 10.5. The molecule has 0 saturated heterocycles. The predicted octanol–water partition coefficient (Wildman–Crippen LogP) is 0.370. The number of imidazole rings is 1. The third-order valence-corrected chi connectivity index (χ3v) is 2.17. The van der Waals surface area contributed by atoms with E-state index in [2.05, 4.69) is 9.97 Å². The minimum Gasteiger partial charge on any atom is -0.331 e. The molecule has 2 aromatic rings.